The first-order valence-electron chi connectivity index (χ1n) is 17.2. The second kappa shape index (κ2) is 12.3. The van der Waals surface area contributed by atoms with E-state index in [9.17, 15) is 0 Å². The maximum absolute atomic E-state index is 6.30. The Labute approximate surface area is 299 Å². The highest BCUT2D eigenvalue weighted by atomic mass is 16.3. The van der Waals surface area contributed by atoms with Gasteiger partial charge in [-0.1, -0.05) is 133 Å². The molecule has 0 aliphatic rings. The van der Waals surface area contributed by atoms with Gasteiger partial charge in [-0.3, -0.25) is 0 Å². The Bertz CT molecular complexity index is 2810. The number of fused-ring (bicyclic) bond motifs is 4. The first kappa shape index (κ1) is 29.7. The van der Waals surface area contributed by atoms with Crippen molar-refractivity contribution in [1.29, 1.82) is 0 Å². The molecule has 0 amide bonds. The molecule has 244 valence electrons. The molecule has 0 radical (unpaired) electrons. The zero-order valence-corrected chi connectivity index (χ0v) is 27.9. The number of hydrogen-bond acceptors (Lipinski definition) is 5. The van der Waals surface area contributed by atoms with E-state index in [0.29, 0.717) is 23.4 Å². The molecular weight excluding hydrogens is 639 g/mol. The third-order valence-corrected chi connectivity index (χ3v) is 9.50. The van der Waals surface area contributed by atoms with Crippen molar-refractivity contribution in [2.75, 3.05) is 0 Å². The summed E-state index contributed by atoms with van der Waals surface area (Å²) in [4.78, 5) is 20.2. The molecule has 0 fully saturated rings. The third-order valence-electron chi connectivity index (χ3n) is 9.50. The van der Waals surface area contributed by atoms with Crippen molar-refractivity contribution in [3.05, 3.63) is 176 Å². The summed E-state index contributed by atoms with van der Waals surface area (Å²) in [5.74, 6) is 2.27. The van der Waals surface area contributed by atoms with Crippen LogP contribution in [0.4, 0.5) is 0 Å². The van der Waals surface area contributed by atoms with Gasteiger partial charge in [-0.05, 0) is 53.6 Å². The second-order valence-electron chi connectivity index (χ2n) is 12.7. The van der Waals surface area contributed by atoms with Crippen LogP contribution in [0.25, 0.3) is 95.3 Å². The van der Waals surface area contributed by atoms with Crippen LogP contribution in [0, 0.1) is 0 Å². The summed E-state index contributed by atoms with van der Waals surface area (Å²) >= 11 is 0. The van der Waals surface area contributed by atoms with Gasteiger partial charge in [0, 0.05) is 33.0 Å². The number of oxazole rings is 1. The molecule has 10 rings (SSSR count). The Morgan fingerprint density at radius 2 is 0.962 bits per heavy atom. The Morgan fingerprint density at radius 1 is 0.385 bits per heavy atom. The molecule has 0 saturated heterocycles. The van der Waals surface area contributed by atoms with E-state index in [1.165, 1.54) is 0 Å². The predicted molar refractivity (Wildman–Crippen MR) is 209 cm³/mol. The van der Waals surface area contributed by atoms with E-state index in [0.717, 1.165) is 72.0 Å². The number of benzene rings is 7. The first-order valence-corrected chi connectivity index (χ1v) is 17.2. The largest absolute Gasteiger partial charge is 0.436 e. The minimum absolute atomic E-state index is 0.531. The first-order chi connectivity index (χ1) is 25.8. The quantitative estimate of drug-likeness (QED) is 0.176. The molecule has 3 aromatic heterocycles. The zero-order valence-electron chi connectivity index (χ0n) is 27.9. The molecule has 0 aliphatic heterocycles. The van der Waals surface area contributed by atoms with E-state index in [-0.39, 0.29) is 0 Å². The minimum Gasteiger partial charge on any atom is -0.436 e. The van der Waals surface area contributed by atoms with Gasteiger partial charge < -0.3 is 8.98 Å². The average molecular weight is 668 g/mol. The van der Waals surface area contributed by atoms with Crippen LogP contribution >= 0.6 is 0 Å². The summed E-state index contributed by atoms with van der Waals surface area (Å²) < 4.78 is 8.63. The van der Waals surface area contributed by atoms with Gasteiger partial charge in [-0.2, -0.15) is 0 Å². The number of aromatic nitrogens is 5. The summed E-state index contributed by atoms with van der Waals surface area (Å²) in [6, 6.07) is 60.0. The van der Waals surface area contributed by atoms with Crippen molar-refractivity contribution in [1.82, 2.24) is 24.5 Å². The molecule has 0 N–H and O–H groups in total. The van der Waals surface area contributed by atoms with Gasteiger partial charge in [0.05, 0.1) is 16.7 Å². The summed E-state index contributed by atoms with van der Waals surface area (Å²) in [5.41, 5.74) is 10.4. The standard InChI is InChI=1S/C46H29N5O/c1-4-14-30(15-5-1)33-24-26-36-35-20-10-12-22-39(35)51(41(36)29-33)40-27-25-34(46-47-38-21-11-13-23-42(38)52-46)28-37(40)45-49-43(31-16-6-2-7-17-31)48-44(50-45)32-18-8-3-9-19-32/h1-29H. The fraction of sp³-hybridized carbons (Fsp3) is 0. The Hall–Kier alpha value is -7.18. The molecule has 7 aromatic carbocycles. The Morgan fingerprint density at radius 3 is 1.67 bits per heavy atom. The summed E-state index contributed by atoms with van der Waals surface area (Å²) in [5, 5.41) is 2.33. The molecule has 3 heterocycles. The van der Waals surface area contributed by atoms with Crippen LogP contribution in [0.15, 0.2) is 180 Å². The smallest absolute Gasteiger partial charge is 0.227 e. The van der Waals surface area contributed by atoms with Crippen LogP contribution < -0.4 is 0 Å². The van der Waals surface area contributed by atoms with E-state index in [4.69, 9.17) is 24.4 Å². The van der Waals surface area contributed by atoms with E-state index < -0.39 is 0 Å². The lowest BCUT2D eigenvalue weighted by Crippen LogP contribution is -2.04. The molecule has 6 nitrogen and oxygen atoms in total. The average Bonchev–Trinajstić information content (AvgIpc) is 3.81. The van der Waals surface area contributed by atoms with Gasteiger partial charge in [-0.15, -0.1) is 0 Å². The molecule has 0 bridgehead atoms. The predicted octanol–water partition coefficient (Wildman–Crippen LogP) is 11.4. The SMILES string of the molecule is c1ccc(-c2ccc3c4ccccc4n(-c4ccc(-c5nc6ccccc6o5)cc4-c4nc(-c5ccccc5)nc(-c5ccccc5)n4)c3c2)cc1. The summed E-state index contributed by atoms with van der Waals surface area (Å²) in [6.07, 6.45) is 0. The van der Waals surface area contributed by atoms with E-state index >= 15 is 0 Å². The maximum Gasteiger partial charge on any atom is 0.227 e. The van der Waals surface area contributed by atoms with Gasteiger partial charge in [0.2, 0.25) is 5.89 Å². The van der Waals surface area contributed by atoms with E-state index in [1.807, 2.05) is 91.0 Å². The lowest BCUT2D eigenvalue weighted by atomic mass is 10.0. The molecule has 0 aliphatic carbocycles. The highest BCUT2D eigenvalue weighted by molar-refractivity contribution is 6.10. The second-order valence-corrected chi connectivity index (χ2v) is 12.7. The van der Waals surface area contributed by atoms with Crippen LogP contribution in [-0.2, 0) is 0 Å². The number of nitrogens with zero attached hydrogens (tertiary/aromatic N) is 5. The zero-order chi connectivity index (χ0) is 34.4. The number of hydrogen-bond donors (Lipinski definition) is 0. The molecular formula is C46H29N5O. The van der Waals surface area contributed by atoms with Crippen LogP contribution in [-0.4, -0.2) is 24.5 Å². The Kier molecular flexibility index (Phi) is 7.03. The number of para-hydroxylation sites is 3. The van der Waals surface area contributed by atoms with Gasteiger partial charge in [0.1, 0.15) is 5.52 Å². The van der Waals surface area contributed by atoms with E-state index in [1.54, 1.807) is 0 Å². The fourth-order valence-electron chi connectivity index (χ4n) is 7.01. The van der Waals surface area contributed by atoms with Crippen molar-refractivity contribution in [2.24, 2.45) is 0 Å². The third kappa shape index (κ3) is 5.13. The lowest BCUT2D eigenvalue weighted by Gasteiger charge is -2.16. The van der Waals surface area contributed by atoms with Crippen LogP contribution in [0.1, 0.15) is 0 Å². The monoisotopic (exact) mass is 667 g/mol. The van der Waals surface area contributed by atoms with Gasteiger partial charge in [0.15, 0.2) is 23.1 Å². The molecule has 0 saturated carbocycles. The molecule has 0 atom stereocenters. The van der Waals surface area contributed by atoms with Crippen LogP contribution in [0.5, 0.6) is 0 Å². The Balaban J connectivity index is 1.28. The van der Waals surface area contributed by atoms with Gasteiger partial charge in [-0.25, -0.2) is 19.9 Å². The van der Waals surface area contributed by atoms with Crippen LogP contribution in [0.3, 0.4) is 0 Å². The fourth-order valence-corrected chi connectivity index (χ4v) is 7.01. The summed E-state index contributed by atoms with van der Waals surface area (Å²) in [6.45, 7) is 0. The molecule has 0 spiro atoms. The normalized spacial score (nSPS) is 11.5. The summed E-state index contributed by atoms with van der Waals surface area (Å²) in [7, 11) is 0. The highest BCUT2D eigenvalue weighted by Gasteiger charge is 2.21. The molecule has 52 heavy (non-hydrogen) atoms. The molecule has 10 aromatic rings. The molecule has 6 heteroatoms. The maximum atomic E-state index is 6.30. The van der Waals surface area contributed by atoms with Crippen molar-refractivity contribution in [3.8, 4) is 62.4 Å². The topological polar surface area (TPSA) is 69.6 Å². The van der Waals surface area contributed by atoms with E-state index in [2.05, 4.69) is 89.5 Å². The minimum atomic E-state index is 0.531. The highest BCUT2D eigenvalue weighted by Crippen LogP contribution is 2.39. The van der Waals surface area contributed by atoms with Gasteiger partial charge in [0.25, 0.3) is 0 Å². The lowest BCUT2D eigenvalue weighted by molar-refractivity contribution is 0.620. The molecule has 0 unspecified atom stereocenters. The van der Waals surface area contributed by atoms with Crippen molar-refractivity contribution < 1.29 is 4.42 Å². The van der Waals surface area contributed by atoms with Crippen LogP contribution in [0.2, 0.25) is 0 Å². The number of rotatable bonds is 6. The van der Waals surface area contributed by atoms with Crippen molar-refractivity contribution in [3.63, 3.8) is 0 Å². The van der Waals surface area contributed by atoms with Gasteiger partial charge >= 0.3 is 0 Å². The van der Waals surface area contributed by atoms with Crippen molar-refractivity contribution >= 4 is 32.9 Å². The van der Waals surface area contributed by atoms with Crippen molar-refractivity contribution in [2.45, 2.75) is 0 Å².